The quantitative estimate of drug-likeness (QED) is 0.352. The van der Waals surface area contributed by atoms with Gasteiger partial charge in [-0.2, -0.15) is 4.39 Å². The largest absolute Gasteiger partial charge is 0.305 e. The van der Waals surface area contributed by atoms with Gasteiger partial charge in [0, 0.05) is 18.2 Å². The second-order valence-electron chi connectivity index (χ2n) is 2.82. The van der Waals surface area contributed by atoms with E-state index in [1.807, 2.05) is 0 Å². The average Bonchev–Trinajstić information content (AvgIpc) is 2.20. The van der Waals surface area contributed by atoms with Gasteiger partial charge in [-0.3, -0.25) is 10.1 Å². The molecule has 1 aromatic carbocycles. The molecule has 0 aliphatic rings. The van der Waals surface area contributed by atoms with Crippen LogP contribution in [0.5, 0.6) is 0 Å². The molecule has 0 aliphatic carbocycles. The highest BCUT2D eigenvalue weighted by Crippen LogP contribution is 2.19. The van der Waals surface area contributed by atoms with Crippen molar-refractivity contribution in [3.8, 4) is 12.3 Å². The third-order valence-electron chi connectivity index (χ3n) is 1.80. The van der Waals surface area contributed by atoms with Crippen LogP contribution in [0.25, 0.3) is 0 Å². The van der Waals surface area contributed by atoms with E-state index in [0.717, 1.165) is 6.07 Å². The minimum atomic E-state index is -0.813. The smallest absolute Gasteiger partial charge is 0.302 e. The molecule has 1 aromatic rings. The number of nitro benzene ring substituents is 1. The van der Waals surface area contributed by atoms with E-state index in [0.29, 0.717) is 6.54 Å². The molecule has 0 aliphatic heterocycles. The summed E-state index contributed by atoms with van der Waals surface area (Å²) in [5, 5.41) is 13.2. The maximum absolute atomic E-state index is 13.4. The van der Waals surface area contributed by atoms with Crippen LogP contribution < -0.4 is 5.32 Å². The number of nitro groups is 1. The van der Waals surface area contributed by atoms with Gasteiger partial charge in [0.05, 0.1) is 11.5 Å². The Hall–Kier alpha value is -1.93. The molecule has 0 amide bonds. The van der Waals surface area contributed by atoms with E-state index in [9.17, 15) is 14.5 Å². The Labute approximate surface area is 86.3 Å². The zero-order valence-corrected chi connectivity index (χ0v) is 7.87. The minimum Gasteiger partial charge on any atom is -0.302 e. The van der Waals surface area contributed by atoms with E-state index in [4.69, 9.17) is 6.42 Å². The molecule has 0 unspecified atom stereocenters. The number of benzene rings is 1. The third kappa shape index (κ3) is 2.76. The molecule has 15 heavy (non-hydrogen) atoms. The molecule has 0 spiro atoms. The first-order valence-electron chi connectivity index (χ1n) is 4.22. The molecule has 0 aromatic heterocycles. The van der Waals surface area contributed by atoms with Crippen LogP contribution in [-0.4, -0.2) is 11.5 Å². The number of hydrogen-bond acceptors (Lipinski definition) is 3. The third-order valence-corrected chi connectivity index (χ3v) is 1.80. The summed E-state index contributed by atoms with van der Waals surface area (Å²) >= 11 is 0. The second-order valence-corrected chi connectivity index (χ2v) is 2.82. The number of terminal acetylenes is 1. The van der Waals surface area contributed by atoms with Crippen molar-refractivity contribution in [3.63, 3.8) is 0 Å². The van der Waals surface area contributed by atoms with E-state index in [1.165, 1.54) is 12.1 Å². The van der Waals surface area contributed by atoms with Crippen molar-refractivity contribution in [2.45, 2.75) is 6.54 Å². The molecule has 5 heteroatoms. The van der Waals surface area contributed by atoms with Gasteiger partial charge in [0.25, 0.3) is 0 Å². The molecule has 1 N–H and O–H groups in total. The van der Waals surface area contributed by atoms with Gasteiger partial charge in [0.15, 0.2) is 0 Å². The second kappa shape index (κ2) is 5.08. The molecule has 0 bridgehead atoms. The summed E-state index contributed by atoms with van der Waals surface area (Å²) in [6.07, 6.45) is 4.99. The lowest BCUT2D eigenvalue weighted by Crippen LogP contribution is -2.14. The van der Waals surface area contributed by atoms with Gasteiger partial charge in [-0.25, -0.2) is 0 Å². The summed E-state index contributed by atoms with van der Waals surface area (Å²) in [5.41, 5.74) is -0.283. The van der Waals surface area contributed by atoms with Crippen LogP contribution in [-0.2, 0) is 6.54 Å². The zero-order valence-electron chi connectivity index (χ0n) is 7.87. The van der Waals surface area contributed by atoms with Crippen molar-refractivity contribution in [2.24, 2.45) is 0 Å². The van der Waals surface area contributed by atoms with Gasteiger partial charge < -0.3 is 5.32 Å². The van der Waals surface area contributed by atoms with Crippen LogP contribution in [0, 0.1) is 28.3 Å². The first-order valence-corrected chi connectivity index (χ1v) is 4.22. The van der Waals surface area contributed by atoms with Crippen molar-refractivity contribution in [1.82, 2.24) is 5.32 Å². The fraction of sp³-hybridized carbons (Fsp3) is 0.200. The van der Waals surface area contributed by atoms with Crippen LogP contribution in [0.3, 0.4) is 0 Å². The monoisotopic (exact) mass is 208 g/mol. The Morgan fingerprint density at radius 2 is 2.33 bits per heavy atom. The fourth-order valence-electron chi connectivity index (χ4n) is 1.11. The van der Waals surface area contributed by atoms with Crippen LogP contribution >= 0.6 is 0 Å². The predicted octanol–water partition coefficient (Wildman–Crippen LogP) is 1.46. The van der Waals surface area contributed by atoms with Crippen LogP contribution in [0.15, 0.2) is 18.2 Å². The highest BCUT2D eigenvalue weighted by atomic mass is 19.1. The van der Waals surface area contributed by atoms with Crippen LogP contribution in [0.1, 0.15) is 5.56 Å². The van der Waals surface area contributed by atoms with Crippen molar-refractivity contribution in [2.75, 3.05) is 6.54 Å². The Morgan fingerprint density at radius 1 is 1.60 bits per heavy atom. The molecular weight excluding hydrogens is 199 g/mol. The lowest BCUT2D eigenvalue weighted by atomic mass is 10.2. The first-order chi connectivity index (χ1) is 7.16. The highest BCUT2D eigenvalue weighted by Gasteiger charge is 2.16. The SMILES string of the molecule is C#CCNCc1cccc([N+](=O)[O-])c1F. The van der Waals surface area contributed by atoms with E-state index < -0.39 is 16.4 Å². The van der Waals surface area contributed by atoms with Crippen LogP contribution in [0.2, 0.25) is 0 Å². The molecule has 78 valence electrons. The number of hydrogen-bond donors (Lipinski definition) is 1. The van der Waals surface area contributed by atoms with Gasteiger partial charge in [-0.1, -0.05) is 18.1 Å². The standard InChI is InChI=1S/C10H9FN2O2/c1-2-6-12-7-8-4-3-5-9(10(8)11)13(14)15/h1,3-5,12H,6-7H2. The summed E-state index contributed by atoms with van der Waals surface area (Å²) in [6, 6.07) is 4.04. The van der Waals surface area contributed by atoms with Gasteiger partial charge in [-0.15, -0.1) is 6.42 Å². The topological polar surface area (TPSA) is 55.2 Å². The first kappa shape index (κ1) is 11.1. The molecule has 0 radical (unpaired) electrons. The molecule has 0 heterocycles. The Bertz CT molecular complexity index is 412. The summed E-state index contributed by atoms with van der Waals surface area (Å²) in [4.78, 5) is 9.67. The number of halogens is 1. The van der Waals surface area contributed by atoms with Gasteiger partial charge in [-0.05, 0) is 0 Å². The van der Waals surface area contributed by atoms with E-state index in [1.54, 1.807) is 0 Å². The van der Waals surface area contributed by atoms with Crippen molar-refractivity contribution >= 4 is 5.69 Å². The zero-order chi connectivity index (χ0) is 11.3. The summed E-state index contributed by atoms with van der Waals surface area (Å²) in [5.74, 6) is 1.51. The van der Waals surface area contributed by atoms with E-state index >= 15 is 0 Å². The Kier molecular flexibility index (Phi) is 3.77. The maximum atomic E-state index is 13.4. The Balaban J connectivity index is 2.86. The molecule has 0 fully saturated rings. The van der Waals surface area contributed by atoms with Crippen LogP contribution in [0.4, 0.5) is 10.1 Å². The number of nitrogens with zero attached hydrogens (tertiary/aromatic N) is 1. The normalized spacial score (nSPS) is 9.60. The van der Waals surface area contributed by atoms with E-state index in [-0.39, 0.29) is 12.1 Å². The van der Waals surface area contributed by atoms with E-state index in [2.05, 4.69) is 11.2 Å². The number of nitrogens with one attached hydrogen (secondary N) is 1. The molecule has 0 atom stereocenters. The van der Waals surface area contributed by atoms with Gasteiger partial charge in [0.2, 0.25) is 5.82 Å². The van der Waals surface area contributed by atoms with Gasteiger partial charge in [0.1, 0.15) is 0 Å². The lowest BCUT2D eigenvalue weighted by Gasteiger charge is -2.03. The van der Waals surface area contributed by atoms with Gasteiger partial charge >= 0.3 is 5.69 Å². The maximum Gasteiger partial charge on any atom is 0.305 e. The Morgan fingerprint density at radius 3 is 2.93 bits per heavy atom. The van der Waals surface area contributed by atoms with Crippen molar-refractivity contribution in [3.05, 3.63) is 39.7 Å². The molecular formula is C10H9FN2O2. The molecule has 1 rings (SSSR count). The number of rotatable bonds is 4. The fourth-order valence-corrected chi connectivity index (χ4v) is 1.11. The summed E-state index contributed by atoms with van der Waals surface area (Å²) in [7, 11) is 0. The molecule has 0 saturated heterocycles. The highest BCUT2D eigenvalue weighted by molar-refractivity contribution is 5.36. The van der Waals surface area contributed by atoms with Crippen molar-refractivity contribution in [1.29, 1.82) is 0 Å². The summed E-state index contributed by atoms with van der Waals surface area (Å²) in [6.45, 7) is 0.472. The summed E-state index contributed by atoms with van der Waals surface area (Å²) < 4.78 is 13.4. The minimum absolute atomic E-state index is 0.178. The predicted molar refractivity (Wildman–Crippen MR) is 53.6 cm³/mol. The van der Waals surface area contributed by atoms with Crippen molar-refractivity contribution < 1.29 is 9.31 Å². The molecule has 4 nitrogen and oxygen atoms in total. The average molecular weight is 208 g/mol. The lowest BCUT2D eigenvalue weighted by molar-refractivity contribution is -0.387. The molecule has 0 saturated carbocycles.